The van der Waals surface area contributed by atoms with E-state index in [0.717, 1.165) is 82.9 Å². The van der Waals surface area contributed by atoms with E-state index >= 15 is 0 Å². The molecule has 2 fully saturated rings. The zero-order valence-electron chi connectivity index (χ0n) is 30.6. The van der Waals surface area contributed by atoms with Gasteiger partial charge in [-0.3, -0.25) is 4.90 Å². The summed E-state index contributed by atoms with van der Waals surface area (Å²) < 4.78 is 0. The number of guanidine groups is 1. The van der Waals surface area contributed by atoms with E-state index < -0.39 is 0 Å². The summed E-state index contributed by atoms with van der Waals surface area (Å²) in [6, 6.07) is 30.8. The Morgan fingerprint density at radius 2 is 1.11 bits per heavy atom. The van der Waals surface area contributed by atoms with Gasteiger partial charge in [0.05, 0.1) is 17.1 Å². The Bertz CT molecular complexity index is 2100. The van der Waals surface area contributed by atoms with Crippen LogP contribution in [0.4, 0.5) is 34.1 Å². The molecule has 2 N–H and O–H groups in total. The molecule has 9 rings (SSSR count). The normalized spacial score (nSPS) is 18.0. The molecule has 8 nitrogen and oxygen atoms in total. The molecule has 0 unspecified atom stereocenters. The number of nitrogens with one attached hydrogen (secondary N) is 2. The highest BCUT2D eigenvalue weighted by Crippen LogP contribution is 2.40. The topological polar surface area (TPSA) is 70.9 Å². The lowest BCUT2D eigenvalue weighted by atomic mass is 9.96. The van der Waals surface area contributed by atoms with E-state index in [1.807, 2.05) is 0 Å². The number of rotatable bonds is 8. The molecule has 0 atom stereocenters. The molecule has 266 valence electrons. The lowest BCUT2D eigenvalue weighted by Gasteiger charge is -2.34. The summed E-state index contributed by atoms with van der Waals surface area (Å²) in [5.41, 5.74) is 14.3. The van der Waals surface area contributed by atoms with Crippen molar-refractivity contribution in [2.75, 3.05) is 46.6 Å². The molecule has 0 aromatic heterocycles. The standard InChI is InChI=1S/C45H46N8/c1-31-9-13-34(14-10-31)48-41-27-36(51-21-5-3-6-22-51)17-19-39(41)33-25-38-29-43(50-45-47-30-46-44(26-33)53(38)45)40-20-18-37(52-23-7-4-8-24-52)28-42(40)49-35-15-11-32(2)12-16-35/h9-20,25-30,48-49H,3-8,21-24H2,1-2H3. The lowest BCUT2D eigenvalue weighted by Crippen LogP contribution is -2.39. The third-order valence-electron chi connectivity index (χ3n) is 10.8. The minimum absolute atomic E-state index is 0.619. The maximum absolute atomic E-state index is 5.14. The van der Waals surface area contributed by atoms with Gasteiger partial charge in [-0.05, 0) is 131 Å². The second-order valence-corrected chi connectivity index (χ2v) is 14.7. The fraction of sp³-hybridized carbons (Fsp3) is 0.267. The number of aryl methyl sites for hydroxylation is 2. The summed E-state index contributed by atoms with van der Waals surface area (Å²) in [5.74, 6) is 1.43. The van der Waals surface area contributed by atoms with Gasteiger partial charge in [0.1, 0.15) is 12.2 Å². The van der Waals surface area contributed by atoms with Crippen LogP contribution in [0.25, 0.3) is 11.3 Å². The van der Waals surface area contributed by atoms with Crippen molar-refractivity contribution in [1.82, 2.24) is 4.90 Å². The van der Waals surface area contributed by atoms with Crippen LogP contribution in [-0.4, -0.2) is 49.2 Å². The molecule has 0 spiro atoms. The molecule has 0 saturated carbocycles. The number of aliphatic imine (C=N–C) groups is 3. The van der Waals surface area contributed by atoms with Gasteiger partial charge in [0.15, 0.2) is 0 Å². The van der Waals surface area contributed by atoms with Crippen LogP contribution in [-0.2, 0) is 0 Å². The average molecular weight is 699 g/mol. The maximum Gasteiger partial charge on any atom is 0.237 e. The van der Waals surface area contributed by atoms with Crippen molar-refractivity contribution in [3.63, 3.8) is 0 Å². The van der Waals surface area contributed by atoms with E-state index in [1.165, 1.54) is 61.0 Å². The molecular weight excluding hydrogens is 653 g/mol. The number of piperidine rings is 2. The zero-order valence-corrected chi connectivity index (χ0v) is 30.6. The number of anilines is 6. The molecule has 4 aromatic rings. The second kappa shape index (κ2) is 14.3. The van der Waals surface area contributed by atoms with Crippen molar-refractivity contribution in [1.29, 1.82) is 0 Å². The lowest BCUT2D eigenvalue weighted by molar-refractivity contribution is 0.578. The third kappa shape index (κ3) is 6.89. The second-order valence-electron chi connectivity index (χ2n) is 14.7. The van der Waals surface area contributed by atoms with E-state index in [2.05, 4.69) is 147 Å². The van der Waals surface area contributed by atoms with Crippen LogP contribution in [0.5, 0.6) is 0 Å². The van der Waals surface area contributed by atoms with E-state index in [4.69, 9.17) is 9.98 Å². The van der Waals surface area contributed by atoms with Gasteiger partial charge in [-0.15, -0.1) is 0 Å². The van der Waals surface area contributed by atoms with Gasteiger partial charge in [0.25, 0.3) is 0 Å². The highest BCUT2D eigenvalue weighted by atomic mass is 15.4. The van der Waals surface area contributed by atoms with Crippen LogP contribution in [0, 0.1) is 13.8 Å². The number of nitrogens with zero attached hydrogens (tertiary/aromatic N) is 6. The summed E-state index contributed by atoms with van der Waals surface area (Å²) in [5, 5.41) is 7.53. The van der Waals surface area contributed by atoms with Crippen molar-refractivity contribution in [2.24, 2.45) is 15.0 Å². The molecule has 53 heavy (non-hydrogen) atoms. The van der Waals surface area contributed by atoms with Crippen molar-refractivity contribution in [2.45, 2.75) is 52.4 Å². The smallest absolute Gasteiger partial charge is 0.237 e. The first-order valence-electron chi connectivity index (χ1n) is 19.1. The van der Waals surface area contributed by atoms with Gasteiger partial charge in [-0.2, -0.15) is 0 Å². The van der Waals surface area contributed by atoms with Gasteiger partial charge >= 0.3 is 0 Å². The Kier molecular flexibility index (Phi) is 8.87. The van der Waals surface area contributed by atoms with E-state index in [1.54, 1.807) is 6.34 Å². The first kappa shape index (κ1) is 33.0. The Hall–Kier alpha value is -5.89. The number of benzene rings is 4. The van der Waals surface area contributed by atoms with E-state index in [-0.39, 0.29) is 0 Å². The molecule has 0 aliphatic carbocycles. The van der Waals surface area contributed by atoms with Crippen molar-refractivity contribution in [3.8, 4) is 0 Å². The molecular formula is C45H46N8. The molecule has 5 aliphatic rings. The minimum atomic E-state index is 0.619. The minimum Gasteiger partial charge on any atom is -0.371 e. The third-order valence-corrected chi connectivity index (χ3v) is 10.8. The molecule has 2 saturated heterocycles. The highest BCUT2D eigenvalue weighted by molar-refractivity contribution is 6.20. The summed E-state index contributed by atoms with van der Waals surface area (Å²) in [4.78, 5) is 21.6. The van der Waals surface area contributed by atoms with E-state index in [9.17, 15) is 0 Å². The average Bonchev–Trinajstić information content (AvgIpc) is 3.20. The largest absolute Gasteiger partial charge is 0.371 e. The highest BCUT2D eigenvalue weighted by Gasteiger charge is 2.31. The summed E-state index contributed by atoms with van der Waals surface area (Å²) in [7, 11) is 0. The Balaban J connectivity index is 1.12. The van der Waals surface area contributed by atoms with Gasteiger partial charge in [-0.1, -0.05) is 41.5 Å². The van der Waals surface area contributed by atoms with Crippen molar-refractivity contribution >= 4 is 63.5 Å². The monoisotopic (exact) mass is 698 g/mol. The summed E-state index contributed by atoms with van der Waals surface area (Å²) in [6.07, 6.45) is 15.7. The molecule has 0 radical (unpaired) electrons. The van der Waals surface area contributed by atoms with Crippen LogP contribution in [0.1, 0.15) is 60.8 Å². The Morgan fingerprint density at radius 3 is 1.70 bits per heavy atom. The number of amidine groups is 1. The molecule has 0 bridgehead atoms. The van der Waals surface area contributed by atoms with Gasteiger partial charge in [0.2, 0.25) is 5.96 Å². The maximum atomic E-state index is 5.14. The van der Waals surface area contributed by atoms with Crippen LogP contribution in [0.15, 0.2) is 124 Å². The fourth-order valence-electron chi connectivity index (χ4n) is 7.90. The Labute approximate surface area is 312 Å². The quantitative estimate of drug-likeness (QED) is 0.192. The Morgan fingerprint density at radius 1 is 0.566 bits per heavy atom. The predicted molar refractivity (Wildman–Crippen MR) is 223 cm³/mol. The molecule has 5 heterocycles. The first-order chi connectivity index (χ1) is 26.0. The number of hydrogen-bond donors (Lipinski definition) is 2. The molecule has 5 aliphatic heterocycles. The van der Waals surface area contributed by atoms with Crippen LogP contribution < -0.4 is 20.4 Å². The van der Waals surface area contributed by atoms with Gasteiger partial charge < -0.3 is 20.4 Å². The molecule has 4 aromatic carbocycles. The molecule has 0 amide bonds. The number of allylic oxidation sites excluding steroid dienone is 3. The van der Waals surface area contributed by atoms with Crippen molar-refractivity contribution in [3.05, 3.63) is 131 Å². The van der Waals surface area contributed by atoms with Crippen molar-refractivity contribution < 1.29 is 0 Å². The fourth-order valence-corrected chi connectivity index (χ4v) is 7.90. The zero-order chi connectivity index (χ0) is 35.7. The van der Waals surface area contributed by atoms with Gasteiger partial charge in [0, 0.05) is 65.7 Å². The van der Waals surface area contributed by atoms with Crippen LogP contribution >= 0.6 is 0 Å². The first-order valence-corrected chi connectivity index (χ1v) is 19.1. The van der Waals surface area contributed by atoms with Crippen LogP contribution in [0.3, 0.4) is 0 Å². The van der Waals surface area contributed by atoms with Gasteiger partial charge in [-0.25, -0.2) is 15.0 Å². The predicted octanol–water partition coefficient (Wildman–Crippen LogP) is 10.2. The summed E-state index contributed by atoms with van der Waals surface area (Å²) in [6.45, 7) is 8.60. The van der Waals surface area contributed by atoms with Crippen LogP contribution in [0.2, 0.25) is 0 Å². The molecule has 8 heteroatoms. The summed E-state index contributed by atoms with van der Waals surface area (Å²) >= 11 is 0. The number of hydrogen-bond acceptors (Lipinski definition) is 8. The van der Waals surface area contributed by atoms with E-state index in [0.29, 0.717) is 5.96 Å². The SMILES string of the molecule is Cc1ccc(Nc2cc(N3CCCCC3)ccc2C2=CC3=NC=NC4=NC(c5ccc(N6CCCCC6)cc5Nc5ccc(C)cc5)=CC(=C2)N34)cc1.